The van der Waals surface area contributed by atoms with Crippen LogP contribution in [0.5, 0.6) is 11.5 Å². The van der Waals surface area contributed by atoms with Crippen LogP contribution in [0.25, 0.3) is 0 Å². The summed E-state index contributed by atoms with van der Waals surface area (Å²) in [5.41, 5.74) is 0.911. The second-order valence-electron chi connectivity index (χ2n) is 4.59. The van der Waals surface area contributed by atoms with Crippen LogP contribution in [0, 0.1) is 5.82 Å². The van der Waals surface area contributed by atoms with E-state index in [9.17, 15) is 4.39 Å². The molecule has 0 aliphatic carbocycles. The van der Waals surface area contributed by atoms with E-state index in [0.29, 0.717) is 12.4 Å². The SMILES string of the molecule is CCCCOCc1ccc(F)c(Oc2ccccc2)c1. The maximum Gasteiger partial charge on any atom is 0.165 e. The highest BCUT2D eigenvalue weighted by Gasteiger charge is 2.06. The van der Waals surface area contributed by atoms with Crippen molar-refractivity contribution in [1.29, 1.82) is 0 Å². The summed E-state index contributed by atoms with van der Waals surface area (Å²) >= 11 is 0. The molecule has 0 saturated heterocycles. The fourth-order valence-electron chi connectivity index (χ4n) is 1.77. The van der Waals surface area contributed by atoms with Gasteiger partial charge in [0, 0.05) is 6.61 Å². The number of unbranched alkanes of at least 4 members (excludes halogenated alkanes) is 1. The molecule has 0 aromatic heterocycles. The number of benzene rings is 2. The highest BCUT2D eigenvalue weighted by atomic mass is 19.1. The van der Waals surface area contributed by atoms with E-state index in [1.54, 1.807) is 24.3 Å². The number of rotatable bonds is 7. The van der Waals surface area contributed by atoms with Gasteiger partial charge in [0.2, 0.25) is 0 Å². The van der Waals surface area contributed by atoms with Gasteiger partial charge in [0.05, 0.1) is 6.61 Å². The second kappa shape index (κ2) is 7.65. The molecule has 0 saturated carbocycles. The summed E-state index contributed by atoms with van der Waals surface area (Å²) in [5, 5.41) is 0. The molecule has 106 valence electrons. The van der Waals surface area contributed by atoms with Crippen LogP contribution in [0.4, 0.5) is 4.39 Å². The fourth-order valence-corrected chi connectivity index (χ4v) is 1.77. The molecule has 0 aliphatic heterocycles. The maximum absolute atomic E-state index is 13.7. The first-order valence-corrected chi connectivity index (χ1v) is 6.88. The Morgan fingerprint density at radius 1 is 1.05 bits per heavy atom. The third-order valence-corrected chi connectivity index (χ3v) is 2.88. The van der Waals surface area contributed by atoms with E-state index in [-0.39, 0.29) is 11.6 Å². The minimum Gasteiger partial charge on any atom is -0.454 e. The number of para-hydroxylation sites is 1. The van der Waals surface area contributed by atoms with Crippen molar-refractivity contribution < 1.29 is 13.9 Å². The molecule has 0 aliphatic rings. The molecule has 0 spiro atoms. The van der Waals surface area contributed by atoms with Crippen molar-refractivity contribution in [3.63, 3.8) is 0 Å². The lowest BCUT2D eigenvalue weighted by Gasteiger charge is -2.09. The minimum absolute atomic E-state index is 0.229. The number of halogens is 1. The zero-order valence-electron chi connectivity index (χ0n) is 11.6. The van der Waals surface area contributed by atoms with E-state index in [1.807, 2.05) is 18.2 Å². The summed E-state index contributed by atoms with van der Waals surface area (Å²) in [6.07, 6.45) is 2.14. The molecule has 0 bridgehead atoms. The third kappa shape index (κ3) is 4.35. The van der Waals surface area contributed by atoms with Gasteiger partial charge in [-0.05, 0) is 36.2 Å². The van der Waals surface area contributed by atoms with Gasteiger partial charge in [-0.1, -0.05) is 37.6 Å². The first-order valence-electron chi connectivity index (χ1n) is 6.88. The fraction of sp³-hybridized carbons (Fsp3) is 0.294. The van der Waals surface area contributed by atoms with Crippen molar-refractivity contribution in [2.45, 2.75) is 26.4 Å². The van der Waals surface area contributed by atoms with Crippen LogP contribution in [0.15, 0.2) is 48.5 Å². The summed E-state index contributed by atoms with van der Waals surface area (Å²) < 4.78 is 24.8. The molecule has 3 heteroatoms. The highest BCUT2D eigenvalue weighted by molar-refractivity contribution is 5.34. The van der Waals surface area contributed by atoms with E-state index in [0.717, 1.165) is 25.0 Å². The van der Waals surface area contributed by atoms with Crippen molar-refractivity contribution >= 4 is 0 Å². The van der Waals surface area contributed by atoms with Crippen LogP contribution in [0.3, 0.4) is 0 Å². The minimum atomic E-state index is -0.369. The van der Waals surface area contributed by atoms with Gasteiger partial charge in [-0.3, -0.25) is 0 Å². The molecule has 2 aromatic rings. The van der Waals surface area contributed by atoms with Crippen molar-refractivity contribution in [3.8, 4) is 11.5 Å². The van der Waals surface area contributed by atoms with E-state index in [1.165, 1.54) is 6.07 Å². The smallest absolute Gasteiger partial charge is 0.165 e. The predicted molar refractivity (Wildman–Crippen MR) is 77.5 cm³/mol. The topological polar surface area (TPSA) is 18.5 Å². The zero-order chi connectivity index (χ0) is 14.2. The van der Waals surface area contributed by atoms with E-state index in [4.69, 9.17) is 9.47 Å². The average molecular weight is 274 g/mol. The molecular formula is C17H19FO2. The van der Waals surface area contributed by atoms with Crippen LogP contribution in [0.1, 0.15) is 25.3 Å². The van der Waals surface area contributed by atoms with Gasteiger partial charge in [0.25, 0.3) is 0 Å². The molecule has 2 rings (SSSR count). The van der Waals surface area contributed by atoms with Gasteiger partial charge in [-0.25, -0.2) is 4.39 Å². The van der Waals surface area contributed by atoms with E-state index < -0.39 is 0 Å². The van der Waals surface area contributed by atoms with Crippen LogP contribution < -0.4 is 4.74 Å². The Morgan fingerprint density at radius 2 is 1.85 bits per heavy atom. The van der Waals surface area contributed by atoms with Crippen molar-refractivity contribution in [2.75, 3.05) is 6.61 Å². The summed E-state index contributed by atoms with van der Waals surface area (Å²) in [6.45, 7) is 3.32. The van der Waals surface area contributed by atoms with Crippen LogP contribution in [-0.2, 0) is 11.3 Å². The maximum atomic E-state index is 13.7. The summed E-state index contributed by atoms with van der Waals surface area (Å²) in [6, 6.07) is 14.0. The lowest BCUT2D eigenvalue weighted by atomic mass is 10.2. The molecule has 0 fully saturated rings. The van der Waals surface area contributed by atoms with Gasteiger partial charge >= 0.3 is 0 Å². The molecule has 2 nitrogen and oxygen atoms in total. The first-order chi connectivity index (χ1) is 9.79. The van der Waals surface area contributed by atoms with Crippen LogP contribution in [-0.4, -0.2) is 6.61 Å². The molecule has 0 atom stereocenters. The molecule has 0 heterocycles. The lowest BCUT2D eigenvalue weighted by Crippen LogP contribution is -1.96. The van der Waals surface area contributed by atoms with E-state index >= 15 is 0 Å². The Bertz CT molecular complexity index is 526. The van der Waals surface area contributed by atoms with Gasteiger partial charge in [-0.15, -0.1) is 0 Å². The normalized spacial score (nSPS) is 10.5. The highest BCUT2D eigenvalue weighted by Crippen LogP contribution is 2.25. The Hall–Kier alpha value is -1.87. The molecule has 0 N–H and O–H groups in total. The van der Waals surface area contributed by atoms with Gasteiger partial charge in [0.15, 0.2) is 11.6 Å². The average Bonchev–Trinajstić information content (AvgIpc) is 2.48. The van der Waals surface area contributed by atoms with Gasteiger partial charge in [0.1, 0.15) is 5.75 Å². The molecule has 0 amide bonds. The Labute approximate surface area is 119 Å². The second-order valence-corrected chi connectivity index (χ2v) is 4.59. The molecular weight excluding hydrogens is 255 g/mol. The predicted octanol–water partition coefficient (Wildman–Crippen LogP) is 4.93. The molecule has 0 unspecified atom stereocenters. The quantitative estimate of drug-likeness (QED) is 0.666. The standard InChI is InChI=1S/C17H19FO2/c1-2-3-11-19-13-14-9-10-16(18)17(12-14)20-15-7-5-4-6-8-15/h4-10,12H,2-3,11,13H2,1H3. The lowest BCUT2D eigenvalue weighted by molar-refractivity contribution is 0.118. The van der Waals surface area contributed by atoms with Gasteiger partial charge < -0.3 is 9.47 Å². The summed E-state index contributed by atoms with van der Waals surface area (Å²) in [5.74, 6) is 0.481. The number of hydrogen-bond acceptors (Lipinski definition) is 2. The summed E-state index contributed by atoms with van der Waals surface area (Å²) in [4.78, 5) is 0. The monoisotopic (exact) mass is 274 g/mol. The summed E-state index contributed by atoms with van der Waals surface area (Å²) in [7, 11) is 0. The van der Waals surface area contributed by atoms with Crippen molar-refractivity contribution in [3.05, 3.63) is 59.9 Å². The molecule has 0 radical (unpaired) electrons. The van der Waals surface area contributed by atoms with Crippen LogP contribution in [0.2, 0.25) is 0 Å². The van der Waals surface area contributed by atoms with E-state index in [2.05, 4.69) is 6.92 Å². The third-order valence-electron chi connectivity index (χ3n) is 2.88. The Balaban J connectivity index is 2.01. The van der Waals surface area contributed by atoms with Crippen molar-refractivity contribution in [1.82, 2.24) is 0 Å². The molecule has 2 aromatic carbocycles. The van der Waals surface area contributed by atoms with Gasteiger partial charge in [-0.2, -0.15) is 0 Å². The number of hydrogen-bond donors (Lipinski definition) is 0. The largest absolute Gasteiger partial charge is 0.454 e. The molecule has 20 heavy (non-hydrogen) atoms. The van der Waals surface area contributed by atoms with Crippen LogP contribution >= 0.6 is 0 Å². The zero-order valence-corrected chi connectivity index (χ0v) is 11.6. The first kappa shape index (κ1) is 14.5. The number of ether oxygens (including phenoxy) is 2. The Morgan fingerprint density at radius 3 is 2.60 bits per heavy atom. The van der Waals surface area contributed by atoms with Crippen molar-refractivity contribution in [2.24, 2.45) is 0 Å². The Kier molecular flexibility index (Phi) is 5.56.